The van der Waals surface area contributed by atoms with Crippen LogP contribution in [-0.4, -0.2) is 12.5 Å². The van der Waals surface area contributed by atoms with Gasteiger partial charge in [0.15, 0.2) is 0 Å². The van der Waals surface area contributed by atoms with Gasteiger partial charge in [-0.1, -0.05) is 24.3 Å². The van der Waals surface area contributed by atoms with Gasteiger partial charge in [-0.3, -0.25) is 4.79 Å². The molecular formula is C11H12NO. The Bertz CT molecular complexity index is 290. The SMILES string of the molecule is CCNC(=O)/C=C/c1cc[c]cc1. The van der Waals surface area contributed by atoms with Crippen molar-refractivity contribution in [3.8, 4) is 0 Å². The van der Waals surface area contributed by atoms with Crippen LogP contribution in [0.5, 0.6) is 0 Å². The molecule has 0 spiro atoms. The highest BCUT2D eigenvalue weighted by molar-refractivity contribution is 5.91. The standard InChI is InChI=1S/C11H12NO/c1-2-12-11(13)9-8-10-6-4-3-5-7-10/h4-9H,2H2,1H3,(H,12,13)/b9-8+. The van der Waals surface area contributed by atoms with E-state index in [2.05, 4.69) is 11.4 Å². The van der Waals surface area contributed by atoms with Crippen LogP contribution in [0, 0.1) is 6.07 Å². The highest BCUT2D eigenvalue weighted by Gasteiger charge is 1.90. The Morgan fingerprint density at radius 1 is 1.54 bits per heavy atom. The molecule has 0 aromatic heterocycles. The van der Waals surface area contributed by atoms with Crippen molar-refractivity contribution < 1.29 is 4.79 Å². The molecule has 0 unspecified atom stereocenters. The number of benzene rings is 1. The van der Waals surface area contributed by atoms with Crippen molar-refractivity contribution in [2.45, 2.75) is 6.92 Å². The maximum Gasteiger partial charge on any atom is 0.243 e. The summed E-state index contributed by atoms with van der Waals surface area (Å²) in [6, 6.07) is 10.3. The molecule has 0 bridgehead atoms. The normalized spacial score (nSPS) is 10.2. The van der Waals surface area contributed by atoms with E-state index in [-0.39, 0.29) is 5.91 Å². The highest BCUT2D eigenvalue weighted by Crippen LogP contribution is 1.99. The van der Waals surface area contributed by atoms with Crippen LogP contribution in [0.25, 0.3) is 6.08 Å². The summed E-state index contributed by atoms with van der Waals surface area (Å²) in [6.07, 6.45) is 3.30. The number of hydrogen-bond donors (Lipinski definition) is 1. The van der Waals surface area contributed by atoms with Crippen LogP contribution in [0.3, 0.4) is 0 Å². The lowest BCUT2D eigenvalue weighted by atomic mass is 10.2. The van der Waals surface area contributed by atoms with Gasteiger partial charge in [-0.2, -0.15) is 0 Å². The van der Waals surface area contributed by atoms with E-state index in [0.29, 0.717) is 6.54 Å². The first kappa shape index (κ1) is 9.52. The van der Waals surface area contributed by atoms with Crippen molar-refractivity contribution in [1.82, 2.24) is 5.32 Å². The van der Waals surface area contributed by atoms with E-state index in [1.807, 2.05) is 31.2 Å². The van der Waals surface area contributed by atoms with Crippen LogP contribution in [-0.2, 0) is 4.79 Å². The molecule has 1 radical (unpaired) electrons. The third kappa shape index (κ3) is 3.56. The molecule has 0 saturated heterocycles. The molecule has 0 atom stereocenters. The Balaban J connectivity index is 2.54. The van der Waals surface area contributed by atoms with Gasteiger partial charge in [0.2, 0.25) is 5.91 Å². The largest absolute Gasteiger partial charge is 0.353 e. The van der Waals surface area contributed by atoms with Gasteiger partial charge in [0.05, 0.1) is 0 Å². The molecule has 0 aliphatic carbocycles. The summed E-state index contributed by atoms with van der Waals surface area (Å²) in [4.78, 5) is 11.0. The zero-order valence-corrected chi connectivity index (χ0v) is 7.58. The van der Waals surface area contributed by atoms with Crippen molar-refractivity contribution in [1.29, 1.82) is 0 Å². The van der Waals surface area contributed by atoms with E-state index in [4.69, 9.17) is 0 Å². The predicted molar refractivity (Wildman–Crippen MR) is 53.0 cm³/mol. The third-order valence-corrected chi connectivity index (χ3v) is 1.52. The second-order valence-corrected chi connectivity index (χ2v) is 2.56. The van der Waals surface area contributed by atoms with E-state index in [9.17, 15) is 4.79 Å². The Labute approximate surface area is 78.3 Å². The first-order valence-corrected chi connectivity index (χ1v) is 4.25. The predicted octanol–water partition coefficient (Wildman–Crippen LogP) is 1.64. The minimum absolute atomic E-state index is 0.0599. The molecular weight excluding hydrogens is 162 g/mol. The van der Waals surface area contributed by atoms with Crippen LogP contribution in [0.4, 0.5) is 0 Å². The van der Waals surface area contributed by atoms with Crippen molar-refractivity contribution >= 4 is 12.0 Å². The van der Waals surface area contributed by atoms with E-state index >= 15 is 0 Å². The van der Waals surface area contributed by atoms with E-state index in [1.165, 1.54) is 6.08 Å². The lowest BCUT2D eigenvalue weighted by Gasteiger charge is -1.94. The van der Waals surface area contributed by atoms with Crippen LogP contribution >= 0.6 is 0 Å². The lowest BCUT2D eigenvalue weighted by Crippen LogP contribution is -2.19. The Morgan fingerprint density at radius 2 is 2.23 bits per heavy atom. The summed E-state index contributed by atoms with van der Waals surface area (Å²) >= 11 is 0. The number of carbonyl (C=O) groups excluding carboxylic acids is 1. The van der Waals surface area contributed by atoms with Crippen LogP contribution in [0.1, 0.15) is 12.5 Å². The highest BCUT2D eigenvalue weighted by atomic mass is 16.1. The molecule has 1 N–H and O–H groups in total. The Kier molecular flexibility index (Phi) is 3.76. The summed E-state index contributed by atoms with van der Waals surface area (Å²) in [5.74, 6) is -0.0599. The van der Waals surface area contributed by atoms with Gasteiger partial charge in [0.1, 0.15) is 0 Å². The molecule has 1 rings (SSSR count). The molecule has 0 saturated carbocycles. The summed E-state index contributed by atoms with van der Waals surface area (Å²) in [5, 5.41) is 2.68. The molecule has 2 heteroatoms. The smallest absolute Gasteiger partial charge is 0.243 e. The first-order chi connectivity index (χ1) is 6.33. The average Bonchev–Trinajstić information content (AvgIpc) is 2.17. The maximum atomic E-state index is 11.0. The van der Waals surface area contributed by atoms with Gasteiger partial charge in [-0.25, -0.2) is 0 Å². The van der Waals surface area contributed by atoms with Crippen LogP contribution in [0.15, 0.2) is 30.3 Å². The number of nitrogens with one attached hydrogen (secondary N) is 1. The molecule has 1 aromatic rings. The van der Waals surface area contributed by atoms with Gasteiger partial charge in [0.25, 0.3) is 0 Å². The second-order valence-electron chi connectivity index (χ2n) is 2.56. The lowest BCUT2D eigenvalue weighted by molar-refractivity contribution is -0.116. The van der Waals surface area contributed by atoms with Crippen molar-refractivity contribution in [2.24, 2.45) is 0 Å². The fraction of sp³-hybridized carbons (Fsp3) is 0.182. The van der Waals surface area contributed by atoms with Crippen LogP contribution < -0.4 is 5.32 Å². The fourth-order valence-corrected chi connectivity index (χ4v) is 0.916. The number of amides is 1. The second kappa shape index (κ2) is 5.14. The van der Waals surface area contributed by atoms with Gasteiger partial charge < -0.3 is 5.32 Å². The molecule has 0 aliphatic rings. The molecule has 2 nitrogen and oxygen atoms in total. The third-order valence-electron chi connectivity index (χ3n) is 1.52. The summed E-state index contributed by atoms with van der Waals surface area (Å²) in [6.45, 7) is 2.55. The van der Waals surface area contributed by atoms with E-state index < -0.39 is 0 Å². The molecule has 1 amide bonds. The minimum atomic E-state index is -0.0599. The Hall–Kier alpha value is -1.57. The van der Waals surface area contributed by atoms with E-state index in [0.717, 1.165) is 5.56 Å². The molecule has 0 heterocycles. The molecule has 0 aliphatic heterocycles. The summed E-state index contributed by atoms with van der Waals surface area (Å²) < 4.78 is 0. The van der Waals surface area contributed by atoms with Crippen molar-refractivity contribution in [3.05, 3.63) is 42.0 Å². The monoisotopic (exact) mass is 174 g/mol. The summed E-state index contributed by atoms with van der Waals surface area (Å²) in [7, 11) is 0. The minimum Gasteiger partial charge on any atom is -0.353 e. The van der Waals surface area contributed by atoms with Crippen molar-refractivity contribution in [2.75, 3.05) is 6.54 Å². The zero-order valence-electron chi connectivity index (χ0n) is 7.58. The van der Waals surface area contributed by atoms with Gasteiger partial charge in [-0.05, 0) is 24.6 Å². The van der Waals surface area contributed by atoms with Gasteiger partial charge >= 0.3 is 0 Å². The quantitative estimate of drug-likeness (QED) is 0.693. The average molecular weight is 174 g/mol. The van der Waals surface area contributed by atoms with Gasteiger partial charge in [-0.15, -0.1) is 0 Å². The van der Waals surface area contributed by atoms with Crippen molar-refractivity contribution in [3.63, 3.8) is 0 Å². The Morgan fingerprint density at radius 3 is 2.85 bits per heavy atom. The molecule has 1 aromatic carbocycles. The topological polar surface area (TPSA) is 29.1 Å². The maximum absolute atomic E-state index is 11.0. The number of likely N-dealkylation sites (N-methyl/N-ethyl adjacent to an activating group) is 1. The van der Waals surface area contributed by atoms with E-state index in [1.54, 1.807) is 6.08 Å². The number of rotatable bonds is 3. The van der Waals surface area contributed by atoms with Crippen LogP contribution in [0.2, 0.25) is 0 Å². The molecule has 13 heavy (non-hydrogen) atoms. The number of carbonyl (C=O) groups is 1. The fourth-order valence-electron chi connectivity index (χ4n) is 0.916. The summed E-state index contributed by atoms with van der Waals surface area (Å²) in [5.41, 5.74) is 1.00. The zero-order chi connectivity index (χ0) is 9.52. The van der Waals surface area contributed by atoms with Gasteiger partial charge in [0, 0.05) is 12.6 Å². The number of hydrogen-bond acceptors (Lipinski definition) is 1. The molecule has 67 valence electrons. The molecule has 0 fully saturated rings. The first-order valence-electron chi connectivity index (χ1n) is 4.25.